The molecule has 0 amide bonds. The van der Waals surface area contributed by atoms with Gasteiger partial charge in [0.25, 0.3) is 5.56 Å². The number of nitrogens with zero attached hydrogens (tertiary/aromatic N) is 5. The van der Waals surface area contributed by atoms with Gasteiger partial charge in [0.05, 0.1) is 33.7 Å². The third-order valence-corrected chi connectivity index (χ3v) is 5.73. The highest BCUT2D eigenvalue weighted by atomic mass is 32.1. The summed E-state index contributed by atoms with van der Waals surface area (Å²) in [5.41, 5.74) is 3.46. The number of benzene rings is 1. The van der Waals surface area contributed by atoms with Crippen molar-refractivity contribution in [3.8, 4) is 16.4 Å². The van der Waals surface area contributed by atoms with Crippen LogP contribution >= 0.6 is 11.3 Å². The molecule has 4 heterocycles. The lowest BCUT2D eigenvalue weighted by Crippen LogP contribution is -2.35. The second kappa shape index (κ2) is 7.14. The first-order valence-electron chi connectivity index (χ1n) is 9.11. The van der Waals surface area contributed by atoms with Gasteiger partial charge < -0.3 is 4.98 Å². The van der Waals surface area contributed by atoms with Gasteiger partial charge in [-0.2, -0.15) is 0 Å². The van der Waals surface area contributed by atoms with Gasteiger partial charge in [-0.15, -0.1) is 16.4 Å². The van der Waals surface area contributed by atoms with E-state index in [1.165, 1.54) is 0 Å². The van der Waals surface area contributed by atoms with Crippen molar-refractivity contribution in [2.45, 2.75) is 19.5 Å². The zero-order valence-corrected chi connectivity index (χ0v) is 15.9. The summed E-state index contributed by atoms with van der Waals surface area (Å²) in [6.45, 7) is 2.06. The van der Waals surface area contributed by atoms with Crippen LogP contribution in [0, 0.1) is 0 Å². The van der Waals surface area contributed by atoms with Crippen molar-refractivity contribution in [1.29, 1.82) is 0 Å². The molecule has 140 valence electrons. The number of hydrogen-bond acceptors (Lipinski definition) is 6. The molecule has 0 saturated carbocycles. The Balaban J connectivity index is 1.34. The lowest BCUT2D eigenvalue weighted by atomic mass is 10.1. The van der Waals surface area contributed by atoms with Gasteiger partial charge in [0.15, 0.2) is 5.82 Å². The molecule has 0 spiro atoms. The Labute approximate surface area is 165 Å². The molecule has 0 bridgehead atoms. The molecular weight excluding hydrogens is 372 g/mol. The first-order valence-corrected chi connectivity index (χ1v) is 9.99. The third kappa shape index (κ3) is 3.28. The number of thiophene rings is 1. The van der Waals surface area contributed by atoms with Crippen molar-refractivity contribution in [3.05, 3.63) is 81.3 Å². The fraction of sp³-hybridized carbons (Fsp3) is 0.200. The summed E-state index contributed by atoms with van der Waals surface area (Å²) in [7, 11) is 0. The Morgan fingerprint density at radius 3 is 2.86 bits per heavy atom. The number of rotatable bonds is 4. The zero-order valence-electron chi connectivity index (χ0n) is 15.1. The normalized spacial score (nSPS) is 14.1. The van der Waals surface area contributed by atoms with E-state index in [2.05, 4.69) is 20.2 Å². The topological polar surface area (TPSA) is 79.7 Å². The molecule has 0 aliphatic carbocycles. The number of aromatic nitrogens is 5. The maximum atomic E-state index is 12.6. The standard InChI is InChI=1S/C20H18N6OS/c27-20-16-13-25(9-8-17(16)21-19(22-20)18-7-4-10-28-18)11-14-12-26(24-23-14)15-5-2-1-3-6-15/h1-7,10,12H,8-9,11,13H2,(H,21,22,27). The van der Waals surface area contributed by atoms with Crippen LogP contribution in [-0.4, -0.2) is 36.4 Å². The molecule has 1 aliphatic rings. The number of hydrogen-bond donors (Lipinski definition) is 1. The molecule has 0 fully saturated rings. The van der Waals surface area contributed by atoms with Gasteiger partial charge in [-0.3, -0.25) is 9.69 Å². The molecule has 8 heteroatoms. The predicted octanol–water partition coefficient (Wildman–Crippen LogP) is 2.64. The van der Waals surface area contributed by atoms with Crippen LogP contribution in [0.2, 0.25) is 0 Å². The third-order valence-electron chi connectivity index (χ3n) is 4.85. The minimum absolute atomic E-state index is 0.0500. The van der Waals surface area contributed by atoms with Crippen molar-refractivity contribution in [3.63, 3.8) is 0 Å². The van der Waals surface area contributed by atoms with E-state index in [-0.39, 0.29) is 5.56 Å². The van der Waals surface area contributed by atoms with Gasteiger partial charge >= 0.3 is 0 Å². The highest BCUT2D eigenvalue weighted by molar-refractivity contribution is 7.13. The average Bonchev–Trinajstić information content (AvgIpc) is 3.41. The van der Waals surface area contributed by atoms with Gasteiger partial charge in [0, 0.05) is 26.1 Å². The van der Waals surface area contributed by atoms with E-state index < -0.39 is 0 Å². The monoisotopic (exact) mass is 390 g/mol. The van der Waals surface area contributed by atoms with Crippen LogP contribution < -0.4 is 5.56 Å². The van der Waals surface area contributed by atoms with Crippen LogP contribution in [0.25, 0.3) is 16.4 Å². The minimum Gasteiger partial charge on any atom is -0.306 e. The lowest BCUT2D eigenvalue weighted by Gasteiger charge is -2.26. The highest BCUT2D eigenvalue weighted by Gasteiger charge is 2.22. The highest BCUT2D eigenvalue weighted by Crippen LogP contribution is 2.23. The average molecular weight is 390 g/mol. The van der Waals surface area contributed by atoms with Crippen molar-refractivity contribution in [1.82, 2.24) is 29.9 Å². The van der Waals surface area contributed by atoms with Crippen LogP contribution in [0.3, 0.4) is 0 Å². The maximum absolute atomic E-state index is 12.6. The fourth-order valence-corrected chi connectivity index (χ4v) is 4.12. The van der Waals surface area contributed by atoms with Crippen molar-refractivity contribution in [2.75, 3.05) is 6.54 Å². The number of H-pyrrole nitrogens is 1. The molecule has 0 atom stereocenters. The molecule has 1 N–H and O–H groups in total. The Hall–Kier alpha value is -3.10. The molecule has 1 aromatic carbocycles. The molecule has 0 unspecified atom stereocenters. The van der Waals surface area contributed by atoms with Crippen LogP contribution in [0.1, 0.15) is 17.0 Å². The van der Waals surface area contributed by atoms with Crippen LogP contribution in [0.4, 0.5) is 0 Å². The van der Waals surface area contributed by atoms with E-state index in [1.54, 1.807) is 16.0 Å². The van der Waals surface area contributed by atoms with Gasteiger partial charge in [-0.25, -0.2) is 9.67 Å². The summed E-state index contributed by atoms with van der Waals surface area (Å²) in [6, 6.07) is 13.8. The molecule has 28 heavy (non-hydrogen) atoms. The van der Waals surface area contributed by atoms with E-state index in [0.717, 1.165) is 40.5 Å². The Morgan fingerprint density at radius 2 is 2.04 bits per heavy atom. The predicted molar refractivity (Wildman–Crippen MR) is 107 cm³/mol. The second-order valence-corrected chi connectivity index (χ2v) is 7.72. The summed E-state index contributed by atoms with van der Waals surface area (Å²) in [5.74, 6) is 0.665. The number of fused-ring (bicyclic) bond motifs is 1. The van der Waals surface area contributed by atoms with E-state index in [4.69, 9.17) is 4.98 Å². The zero-order chi connectivity index (χ0) is 18.9. The van der Waals surface area contributed by atoms with E-state index in [9.17, 15) is 4.79 Å². The quantitative estimate of drug-likeness (QED) is 0.579. The molecule has 5 rings (SSSR count). The molecule has 0 saturated heterocycles. The number of para-hydroxylation sites is 1. The minimum atomic E-state index is -0.0500. The van der Waals surface area contributed by atoms with Crippen molar-refractivity contribution < 1.29 is 0 Å². The smallest absolute Gasteiger partial charge is 0.255 e. The summed E-state index contributed by atoms with van der Waals surface area (Å²) in [4.78, 5) is 23.4. The van der Waals surface area contributed by atoms with Crippen LogP contribution in [0.15, 0.2) is 58.8 Å². The second-order valence-electron chi connectivity index (χ2n) is 6.77. The van der Waals surface area contributed by atoms with Crippen LogP contribution in [-0.2, 0) is 19.5 Å². The van der Waals surface area contributed by atoms with Gasteiger partial charge in [0.2, 0.25) is 0 Å². The summed E-state index contributed by atoms with van der Waals surface area (Å²) in [5, 5.41) is 10.5. The van der Waals surface area contributed by atoms with Crippen molar-refractivity contribution >= 4 is 11.3 Å². The Bertz CT molecular complexity index is 1150. The van der Waals surface area contributed by atoms with Gasteiger partial charge in [-0.05, 0) is 23.6 Å². The molecule has 0 radical (unpaired) electrons. The van der Waals surface area contributed by atoms with Crippen molar-refractivity contribution in [2.24, 2.45) is 0 Å². The molecular formula is C20H18N6OS. The van der Waals surface area contributed by atoms with Gasteiger partial charge in [0.1, 0.15) is 0 Å². The summed E-state index contributed by atoms with van der Waals surface area (Å²) >= 11 is 1.58. The Morgan fingerprint density at radius 1 is 1.14 bits per heavy atom. The molecule has 3 aromatic heterocycles. The lowest BCUT2D eigenvalue weighted by molar-refractivity contribution is 0.239. The first-order chi connectivity index (χ1) is 13.8. The first kappa shape index (κ1) is 17.0. The summed E-state index contributed by atoms with van der Waals surface area (Å²) < 4.78 is 1.77. The number of aromatic amines is 1. The van der Waals surface area contributed by atoms with E-state index in [0.29, 0.717) is 18.9 Å². The molecule has 4 aromatic rings. The summed E-state index contributed by atoms with van der Waals surface area (Å²) in [6.07, 6.45) is 2.69. The largest absolute Gasteiger partial charge is 0.306 e. The fourth-order valence-electron chi connectivity index (χ4n) is 3.45. The molecule has 7 nitrogen and oxygen atoms in total. The van der Waals surface area contributed by atoms with Crippen LogP contribution in [0.5, 0.6) is 0 Å². The number of nitrogens with one attached hydrogen (secondary N) is 1. The van der Waals surface area contributed by atoms with E-state index >= 15 is 0 Å². The van der Waals surface area contributed by atoms with E-state index in [1.807, 2.05) is 54.0 Å². The SMILES string of the molecule is O=c1[nH]c(-c2cccs2)nc2c1CN(Cc1cn(-c3ccccc3)nn1)CC2. The van der Waals surface area contributed by atoms with Gasteiger partial charge in [-0.1, -0.05) is 29.5 Å². The molecule has 1 aliphatic heterocycles. The maximum Gasteiger partial charge on any atom is 0.255 e. The Kier molecular flexibility index (Phi) is 4.34.